The number of aromatic nitrogens is 3. The first-order chi connectivity index (χ1) is 12.1. The van der Waals surface area contributed by atoms with Crippen LogP contribution >= 0.6 is 0 Å². The summed E-state index contributed by atoms with van der Waals surface area (Å²) in [6, 6.07) is 2.09. The van der Waals surface area contributed by atoms with Gasteiger partial charge in [-0.2, -0.15) is 0 Å². The molecule has 1 saturated heterocycles. The summed E-state index contributed by atoms with van der Waals surface area (Å²) in [6.07, 6.45) is 10.3. The van der Waals surface area contributed by atoms with E-state index >= 15 is 0 Å². The molecule has 134 valence electrons. The molecule has 1 aliphatic heterocycles. The Morgan fingerprint density at radius 1 is 1.32 bits per heavy atom. The molecule has 1 amide bonds. The minimum Gasteiger partial charge on any atom is -0.352 e. The summed E-state index contributed by atoms with van der Waals surface area (Å²) in [5, 5.41) is 3.15. The Morgan fingerprint density at radius 2 is 2.16 bits per heavy atom. The Bertz CT molecular complexity index is 726. The number of pyridine rings is 1. The van der Waals surface area contributed by atoms with Crippen molar-refractivity contribution < 1.29 is 4.79 Å². The third kappa shape index (κ3) is 3.74. The van der Waals surface area contributed by atoms with Gasteiger partial charge in [0.15, 0.2) is 0 Å². The van der Waals surface area contributed by atoms with Crippen LogP contribution in [0.2, 0.25) is 0 Å². The van der Waals surface area contributed by atoms with E-state index < -0.39 is 0 Å². The number of hydrogen-bond donors (Lipinski definition) is 1. The van der Waals surface area contributed by atoms with Crippen molar-refractivity contribution in [2.75, 3.05) is 20.1 Å². The number of imidazole rings is 1. The van der Waals surface area contributed by atoms with Gasteiger partial charge in [0.25, 0.3) is 5.91 Å². The average Bonchev–Trinajstić information content (AvgIpc) is 3.05. The van der Waals surface area contributed by atoms with Crippen molar-refractivity contribution >= 4 is 5.91 Å². The van der Waals surface area contributed by atoms with Crippen molar-refractivity contribution in [1.29, 1.82) is 0 Å². The summed E-state index contributed by atoms with van der Waals surface area (Å²) >= 11 is 0. The fraction of sp³-hybridized carbons (Fsp3) is 0.526. The summed E-state index contributed by atoms with van der Waals surface area (Å²) < 4.78 is 2.08. The Hall–Kier alpha value is -2.21. The van der Waals surface area contributed by atoms with E-state index in [0.717, 1.165) is 36.9 Å². The number of nitrogens with one attached hydrogen (secondary N) is 1. The summed E-state index contributed by atoms with van der Waals surface area (Å²) in [4.78, 5) is 23.4. The minimum absolute atomic E-state index is 0.00349. The predicted octanol–water partition coefficient (Wildman–Crippen LogP) is 2.19. The molecule has 0 radical (unpaired) electrons. The molecule has 25 heavy (non-hydrogen) atoms. The van der Waals surface area contributed by atoms with Crippen LogP contribution in [0.25, 0.3) is 0 Å². The molecule has 0 unspecified atom stereocenters. The number of likely N-dealkylation sites (tertiary alicyclic amines) is 1. The van der Waals surface area contributed by atoms with Crippen LogP contribution < -0.4 is 5.32 Å². The smallest absolute Gasteiger partial charge is 0.251 e. The largest absolute Gasteiger partial charge is 0.352 e. The van der Waals surface area contributed by atoms with Crippen LogP contribution in [0.1, 0.15) is 47.4 Å². The number of aryl methyl sites for hydroxylation is 2. The first-order valence-electron chi connectivity index (χ1n) is 8.99. The molecule has 3 heterocycles. The Balaban J connectivity index is 1.72. The van der Waals surface area contributed by atoms with E-state index in [2.05, 4.69) is 31.8 Å². The van der Waals surface area contributed by atoms with E-state index in [1.165, 1.54) is 5.69 Å². The molecular formula is C19H27N5O. The van der Waals surface area contributed by atoms with Crippen LogP contribution in [0.5, 0.6) is 0 Å². The van der Waals surface area contributed by atoms with E-state index in [9.17, 15) is 4.79 Å². The molecule has 1 fully saturated rings. The predicted molar refractivity (Wildman–Crippen MR) is 97.3 cm³/mol. The maximum absolute atomic E-state index is 12.6. The molecule has 6 heteroatoms. The number of carbonyl (C=O) groups is 1. The van der Waals surface area contributed by atoms with Gasteiger partial charge in [0.1, 0.15) is 0 Å². The molecule has 0 saturated carbocycles. The molecule has 0 aliphatic carbocycles. The molecule has 0 aromatic carbocycles. The molecule has 2 aromatic rings. The maximum atomic E-state index is 12.6. The third-order valence-electron chi connectivity index (χ3n) is 5.22. The lowest BCUT2D eigenvalue weighted by molar-refractivity contribution is 0.0881. The number of hydrogen-bond acceptors (Lipinski definition) is 4. The second kappa shape index (κ2) is 7.78. The van der Waals surface area contributed by atoms with Gasteiger partial charge in [0.05, 0.1) is 18.1 Å². The van der Waals surface area contributed by atoms with Crippen molar-refractivity contribution in [3.8, 4) is 0 Å². The Morgan fingerprint density at radius 3 is 2.88 bits per heavy atom. The van der Waals surface area contributed by atoms with E-state index in [4.69, 9.17) is 0 Å². The topological polar surface area (TPSA) is 63.1 Å². The zero-order valence-electron chi connectivity index (χ0n) is 15.3. The van der Waals surface area contributed by atoms with Crippen LogP contribution in [0.4, 0.5) is 0 Å². The fourth-order valence-electron chi connectivity index (χ4n) is 3.84. The van der Waals surface area contributed by atoms with Gasteiger partial charge in [-0.05, 0) is 50.4 Å². The Kier molecular flexibility index (Phi) is 5.48. The molecule has 0 bridgehead atoms. The van der Waals surface area contributed by atoms with Gasteiger partial charge in [-0.15, -0.1) is 0 Å². The highest BCUT2D eigenvalue weighted by atomic mass is 16.1. The molecule has 2 aromatic heterocycles. The minimum atomic E-state index is -0.00349. The van der Waals surface area contributed by atoms with Crippen molar-refractivity contribution in [2.45, 2.75) is 32.2 Å². The fourth-order valence-corrected chi connectivity index (χ4v) is 3.84. The zero-order valence-corrected chi connectivity index (χ0v) is 15.3. The standard InChI is InChI=1S/C19H27N5O/c1-4-14-10-20-8-7-16(14)19(25)22-11-15-6-5-9-23(2)18(15)17-12-21-13-24(17)3/h7-8,10,12-13,15,18H,4-6,9,11H2,1-3H3,(H,22,25)/t15-,18+/m0/s1. The van der Waals surface area contributed by atoms with Gasteiger partial charge in [-0.1, -0.05) is 6.92 Å². The molecule has 1 aliphatic rings. The second-order valence-corrected chi connectivity index (χ2v) is 6.85. The number of carbonyl (C=O) groups excluding carboxylic acids is 1. The second-order valence-electron chi connectivity index (χ2n) is 6.85. The number of nitrogens with zero attached hydrogens (tertiary/aromatic N) is 4. The van der Waals surface area contributed by atoms with Crippen molar-refractivity contribution in [2.24, 2.45) is 13.0 Å². The number of piperidine rings is 1. The van der Waals surface area contributed by atoms with Gasteiger partial charge >= 0.3 is 0 Å². The van der Waals surface area contributed by atoms with Crippen LogP contribution in [-0.2, 0) is 13.5 Å². The monoisotopic (exact) mass is 341 g/mol. The first-order valence-corrected chi connectivity index (χ1v) is 8.99. The molecule has 3 rings (SSSR count). The van der Waals surface area contributed by atoms with Crippen molar-refractivity contribution in [3.05, 3.63) is 47.8 Å². The highest BCUT2D eigenvalue weighted by Gasteiger charge is 2.32. The lowest BCUT2D eigenvalue weighted by Crippen LogP contribution is -2.42. The van der Waals surface area contributed by atoms with Gasteiger partial charge < -0.3 is 9.88 Å². The van der Waals surface area contributed by atoms with Crippen LogP contribution in [0, 0.1) is 5.92 Å². The number of rotatable bonds is 5. The molecular weight excluding hydrogens is 314 g/mol. The van der Waals surface area contributed by atoms with Crippen molar-refractivity contribution in [3.63, 3.8) is 0 Å². The summed E-state index contributed by atoms with van der Waals surface area (Å²) in [5.41, 5.74) is 2.93. The summed E-state index contributed by atoms with van der Waals surface area (Å²) in [7, 11) is 4.19. The van der Waals surface area contributed by atoms with Gasteiger partial charge in [0.2, 0.25) is 0 Å². The van der Waals surface area contributed by atoms with Crippen LogP contribution in [0.3, 0.4) is 0 Å². The molecule has 0 spiro atoms. The third-order valence-corrected chi connectivity index (χ3v) is 5.22. The lowest BCUT2D eigenvalue weighted by atomic mass is 9.87. The summed E-state index contributed by atoms with van der Waals surface area (Å²) in [6.45, 7) is 3.79. The van der Waals surface area contributed by atoms with Gasteiger partial charge in [-0.3, -0.25) is 14.7 Å². The molecule has 1 N–H and O–H groups in total. The quantitative estimate of drug-likeness (QED) is 0.905. The molecule has 2 atom stereocenters. The zero-order chi connectivity index (χ0) is 17.8. The van der Waals surface area contributed by atoms with Crippen LogP contribution in [-0.4, -0.2) is 45.5 Å². The van der Waals surface area contributed by atoms with E-state index in [-0.39, 0.29) is 11.9 Å². The van der Waals surface area contributed by atoms with E-state index in [0.29, 0.717) is 12.5 Å². The first kappa shape index (κ1) is 17.6. The Labute approximate surface area is 149 Å². The average molecular weight is 341 g/mol. The van der Waals surface area contributed by atoms with E-state index in [1.807, 2.05) is 26.5 Å². The SMILES string of the molecule is CCc1cnccc1C(=O)NC[C@@H]1CCCN(C)[C@H]1c1cncn1C. The van der Waals surface area contributed by atoms with Crippen LogP contribution in [0.15, 0.2) is 31.0 Å². The highest BCUT2D eigenvalue weighted by molar-refractivity contribution is 5.95. The lowest BCUT2D eigenvalue weighted by Gasteiger charge is -2.39. The number of amides is 1. The summed E-state index contributed by atoms with van der Waals surface area (Å²) in [5.74, 6) is 0.376. The maximum Gasteiger partial charge on any atom is 0.251 e. The van der Waals surface area contributed by atoms with Gasteiger partial charge in [-0.25, -0.2) is 4.98 Å². The van der Waals surface area contributed by atoms with E-state index in [1.54, 1.807) is 18.5 Å². The van der Waals surface area contributed by atoms with Crippen molar-refractivity contribution in [1.82, 2.24) is 24.8 Å². The molecule has 6 nitrogen and oxygen atoms in total. The highest BCUT2D eigenvalue weighted by Crippen LogP contribution is 2.34. The van der Waals surface area contributed by atoms with Gasteiger partial charge in [0, 0.05) is 37.7 Å². The normalized spacial score (nSPS) is 21.2.